The molecule has 0 aromatic heterocycles. The molecule has 1 aromatic rings. The van der Waals surface area contributed by atoms with Crippen molar-refractivity contribution in [3.63, 3.8) is 0 Å². The molecule has 140 valence electrons. The summed E-state index contributed by atoms with van der Waals surface area (Å²) in [5.41, 5.74) is 2.49. The minimum absolute atomic E-state index is 0.133. The third kappa shape index (κ3) is 6.65. The molecule has 25 heavy (non-hydrogen) atoms. The van der Waals surface area contributed by atoms with Crippen molar-refractivity contribution < 1.29 is 9.90 Å². The van der Waals surface area contributed by atoms with Gasteiger partial charge in [0.1, 0.15) is 0 Å². The Morgan fingerprint density at radius 3 is 2.64 bits per heavy atom. The second-order valence-corrected chi connectivity index (χ2v) is 7.05. The van der Waals surface area contributed by atoms with E-state index in [2.05, 4.69) is 41.2 Å². The molecule has 1 heterocycles. The molecule has 1 fully saturated rings. The van der Waals surface area contributed by atoms with Gasteiger partial charge < -0.3 is 20.2 Å². The molecular weight excluding hydrogens is 316 g/mol. The fourth-order valence-corrected chi connectivity index (χ4v) is 3.11. The van der Waals surface area contributed by atoms with Crippen molar-refractivity contribution in [1.82, 2.24) is 20.0 Å². The van der Waals surface area contributed by atoms with E-state index in [0.717, 1.165) is 32.6 Å². The van der Waals surface area contributed by atoms with Crippen LogP contribution in [-0.4, -0.2) is 91.8 Å². The first-order valence-electron chi connectivity index (χ1n) is 9.08. The second-order valence-electron chi connectivity index (χ2n) is 7.05. The van der Waals surface area contributed by atoms with Crippen molar-refractivity contribution in [2.75, 3.05) is 59.9 Å². The molecule has 1 aliphatic rings. The fraction of sp³-hybridized carbons (Fsp3) is 0.632. The van der Waals surface area contributed by atoms with Crippen LogP contribution in [0.4, 0.5) is 4.79 Å². The van der Waals surface area contributed by atoms with Crippen LogP contribution in [0.1, 0.15) is 11.1 Å². The largest absolute Gasteiger partial charge is 0.390 e. The summed E-state index contributed by atoms with van der Waals surface area (Å²) in [6, 6.07) is 8.08. The number of amides is 2. The molecule has 1 aromatic carbocycles. The predicted octanol–water partition coefficient (Wildman–Crippen LogP) is 0.787. The smallest absolute Gasteiger partial charge is 0.317 e. The number of rotatable bonds is 7. The van der Waals surface area contributed by atoms with E-state index in [1.165, 1.54) is 11.1 Å². The van der Waals surface area contributed by atoms with Crippen LogP contribution >= 0.6 is 0 Å². The van der Waals surface area contributed by atoms with E-state index in [-0.39, 0.29) is 6.03 Å². The summed E-state index contributed by atoms with van der Waals surface area (Å²) < 4.78 is 0. The number of hydrogen-bond donors (Lipinski definition) is 2. The molecular formula is C19H32N4O2. The Morgan fingerprint density at radius 1 is 1.28 bits per heavy atom. The first kappa shape index (κ1) is 19.7. The number of aliphatic hydroxyl groups excluding tert-OH is 1. The number of β-amino-alcohol motifs (C(OH)–C–C–N with tert-alkyl or cyclic N) is 1. The van der Waals surface area contributed by atoms with Crippen molar-refractivity contribution in [3.8, 4) is 0 Å². The van der Waals surface area contributed by atoms with E-state index < -0.39 is 6.10 Å². The average Bonchev–Trinajstić information content (AvgIpc) is 2.58. The van der Waals surface area contributed by atoms with Gasteiger partial charge in [0.2, 0.25) is 0 Å². The number of likely N-dealkylation sites (N-methyl/N-ethyl adjacent to an activating group) is 2. The number of carbonyl (C=O) groups excluding carboxylic acids is 1. The highest BCUT2D eigenvalue weighted by molar-refractivity contribution is 5.73. The first-order valence-corrected chi connectivity index (χ1v) is 9.08. The van der Waals surface area contributed by atoms with Gasteiger partial charge in [-0.05, 0) is 31.5 Å². The van der Waals surface area contributed by atoms with Gasteiger partial charge in [0.05, 0.1) is 6.10 Å². The van der Waals surface area contributed by atoms with E-state index >= 15 is 0 Å². The molecule has 2 rings (SSSR count). The van der Waals surface area contributed by atoms with E-state index in [1.807, 2.05) is 12.1 Å². The third-order valence-electron chi connectivity index (χ3n) is 4.83. The van der Waals surface area contributed by atoms with Gasteiger partial charge in [0.15, 0.2) is 0 Å². The molecule has 0 spiro atoms. The van der Waals surface area contributed by atoms with Crippen molar-refractivity contribution >= 4 is 6.03 Å². The minimum Gasteiger partial charge on any atom is -0.390 e. The molecule has 0 bridgehead atoms. The Kier molecular flexibility index (Phi) is 7.68. The van der Waals surface area contributed by atoms with Crippen LogP contribution in [0.5, 0.6) is 0 Å². The number of nitrogens with one attached hydrogen (secondary N) is 1. The fourth-order valence-electron chi connectivity index (χ4n) is 3.11. The number of aryl methyl sites for hydroxylation is 1. The number of aliphatic hydroxyl groups is 1. The van der Waals surface area contributed by atoms with Crippen molar-refractivity contribution in [3.05, 3.63) is 35.4 Å². The van der Waals surface area contributed by atoms with Gasteiger partial charge in [-0.3, -0.25) is 4.90 Å². The lowest BCUT2D eigenvalue weighted by Crippen LogP contribution is -2.49. The lowest BCUT2D eigenvalue weighted by Gasteiger charge is -2.34. The molecule has 1 saturated heterocycles. The van der Waals surface area contributed by atoms with E-state index in [4.69, 9.17) is 0 Å². The molecule has 0 radical (unpaired) electrons. The molecule has 0 aliphatic carbocycles. The van der Waals surface area contributed by atoms with Crippen molar-refractivity contribution in [2.24, 2.45) is 0 Å². The summed E-state index contributed by atoms with van der Waals surface area (Å²) >= 11 is 0. The van der Waals surface area contributed by atoms with E-state index in [9.17, 15) is 9.90 Å². The topological polar surface area (TPSA) is 59.1 Å². The lowest BCUT2D eigenvalue weighted by molar-refractivity contribution is 0.0658. The summed E-state index contributed by atoms with van der Waals surface area (Å²) in [6.45, 7) is 7.65. The Balaban J connectivity index is 1.66. The number of benzene rings is 1. The predicted molar refractivity (Wildman–Crippen MR) is 101 cm³/mol. The summed E-state index contributed by atoms with van der Waals surface area (Å²) in [6.07, 6.45) is 0.298. The summed E-state index contributed by atoms with van der Waals surface area (Å²) in [5.74, 6) is 0. The molecule has 0 saturated carbocycles. The summed E-state index contributed by atoms with van der Waals surface area (Å²) in [4.78, 5) is 18.3. The number of piperazine rings is 1. The highest BCUT2D eigenvalue weighted by Crippen LogP contribution is 2.07. The minimum atomic E-state index is -0.518. The average molecular weight is 348 g/mol. The standard InChI is InChI=1S/C19H32N4O2/c1-16-6-4-5-7-17(16)8-9-20-19(25)22(3)14-18(24)15-23-12-10-21(2)11-13-23/h4-7,18,24H,8-15H2,1-3H3,(H,20,25). The SMILES string of the molecule is Cc1ccccc1CCNC(=O)N(C)CC(O)CN1CCN(C)CC1. The first-order chi connectivity index (χ1) is 12.0. The second kappa shape index (κ2) is 9.75. The van der Waals surface area contributed by atoms with Crippen LogP contribution < -0.4 is 5.32 Å². The van der Waals surface area contributed by atoms with Gasteiger partial charge in [-0.1, -0.05) is 24.3 Å². The van der Waals surface area contributed by atoms with Gasteiger partial charge in [0, 0.05) is 52.9 Å². The maximum absolute atomic E-state index is 12.2. The molecule has 2 amide bonds. The molecule has 6 heteroatoms. The van der Waals surface area contributed by atoms with Gasteiger partial charge in [-0.2, -0.15) is 0 Å². The monoisotopic (exact) mass is 348 g/mol. The van der Waals surface area contributed by atoms with Crippen LogP contribution in [0.15, 0.2) is 24.3 Å². The Bertz CT molecular complexity index is 544. The maximum Gasteiger partial charge on any atom is 0.317 e. The zero-order valence-corrected chi connectivity index (χ0v) is 15.7. The van der Waals surface area contributed by atoms with Gasteiger partial charge in [-0.15, -0.1) is 0 Å². The van der Waals surface area contributed by atoms with Gasteiger partial charge in [0.25, 0.3) is 0 Å². The molecule has 1 atom stereocenters. The Morgan fingerprint density at radius 2 is 1.96 bits per heavy atom. The van der Waals surface area contributed by atoms with E-state index in [0.29, 0.717) is 19.6 Å². The van der Waals surface area contributed by atoms with Crippen molar-refractivity contribution in [2.45, 2.75) is 19.4 Å². The third-order valence-corrected chi connectivity index (χ3v) is 4.83. The Hall–Kier alpha value is -1.63. The van der Waals surface area contributed by atoms with E-state index in [1.54, 1.807) is 11.9 Å². The normalized spacial score (nSPS) is 17.3. The number of carbonyl (C=O) groups is 1. The maximum atomic E-state index is 12.2. The Labute approximate surface area is 151 Å². The zero-order valence-electron chi connectivity index (χ0n) is 15.7. The highest BCUT2D eigenvalue weighted by Gasteiger charge is 2.19. The van der Waals surface area contributed by atoms with Crippen LogP contribution in [0, 0.1) is 6.92 Å². The summed E-state index contributed by atoms with van der Waals surface area (Å²) in [5, 5.41) is 13.2. The zero-order chi connectivity index (χ0) is 18.2. The number of urea groups is 1. The molecule has 6 nitrogen and oxygen atoms in total. The van der Waals surface area contributed by atoms with Crippen LogP contribution in [-0.2, 0) is 6.42 Å². The lowest BCUT2D eigenvalue weighted by atomic mass is 10.1. The summed E-state index contributed by atoms with van der Waals surface area (Å²) in [7, 11) is 3.85. The van der Waals surface area contributed by atoms with Crippen LogP contribution in [0.3, 0.4) is 0 Å². The quantitative estimate of drug-likeness (QED) is 0.765. The van der Waals surface area contributed by atoms with Crippen LogP contribution in [0.25, 0.3) is 0 Å². The van der Waals surface area contributed by atoms with Crippen LogP contribution in [0.2, 0.25) is 0 Å². The number of hydrogen-bond acceptors (Lipinski definition) is 4. The molecule has 1 aliphatic heterocycles. The number of nitrogens with zero attached hydrogens (tertiary/aromatic N) is 3. The molecule has 1 unspecified atom stereocenters. The van der Waals surface area contributed by atoms with Crippen molar-refractivity contribution in [1.29, 1.82) is 0 Å². The highest BCUT2D eigenvalue weighted by atomic mass is 16.3. The van der Waals surface area contributed by atoms with Gasteiger partial charge in [-0.25, -0.2) is 4.79 Å². The molecule has 2 N–H and O–H groups in total. The van der Waals surface area contributed by atoms with Gasteiger partial charge >= 0.3 is 6.03 Å².